The Hall–Kier alpha value is -2.20. The molecule has 0 spiro atoms. The molecular formula is C22H28BrN5O3S. The number of methoxy groups -OCH3 is 1. The molecule has 0 amide bonds. The number of halogens is 1. The minimum atomic E-state index is -0.315. The molecule has 0 aliphatic carbocycles. The van der Waals surface area contributed by atoms with Gasteiger partial charge in [-0.3, -0.25) is 18.5 Å². The first-order valence-electron chi connectivity index (χ1n) is 10.9. The zero-order chi connectivity index (χ0) is 22.8. The lowest BCUT2D eigenvalue weighted by atomic mass is 10.1. The lowest BCUT2D eigenvalue weighted by Crippen LogP contribution is -2.40. The van der Waals surface area contributed by atoms with E-state index in [-0.39, 0.29) is 11.2 Å². The lowest BCUT2D eigenvalue weighted by molar-refractivity contribution is 0.412. The molecule has 1 aliphatic heterocycles. The maximum absolute atomic E-state index is 13.4. The van der Waals surface area contributed by atoms with E-state index < -0.39 is 0 Å². The van der Waals surface area contributed by atoms with E-state index in [1.807, 2.05) is 48.4 Å². The number of imidazole rings is 1. The van der Waals surface area contributed by atoms with Crippen molar-refractivity contribution in [2.24, 2.45) is 0 Å². The first kappa shape index (κ1) is 23.0. The number of thioether (sulfide) groups is 1. The molecule has 3 aromatic rings. The molecule has 1 aromatic carbocycles. The number of ether oxygens (including phenoxy) is 1. The van der Waals surface area contributed by atoms with Crippen molar-refractivity contribution >= 4 is 44.8 Å². The molecule has 1 fully saturated rings. The van der Waals surface area contributed by atoms with Crippen LogP contribution in [0.3, 0.4) is 0 Å². The van der Waals surface area contributed by atoms with Gasteiger partial charge in [0.1, 0.15) is 5.75 Å². The van der Waals surface area contributed by atoms with Crippen LogP contribution in [-0.2, 0) is 19.6 Å². The fourth-order valence-electron chi connectivity index (χ4n) is 4.13. The highest BCUT2D eigenvalue weighted by Gasteiger charge is 2.23. The summed E-state index contributed by atoms with van der Waals surface area (Å²) < 4.78 is 11.0. The molecule has 0 atom stereocenters. The van der Waals surface area contributed by atoms with Gasteiger partial charge in [-0.25, -0.2) is 4.79 Å². The molecule has 1 N–H and O–H groups in total. The van der Waals surface area contributed by atoms with E-state index in [1.165, 1.54) is 4.57 Å². The Morgan fingerprint density at radius 3 is 2.50 bits per heavy atom. The molecule has 4 rings (SSSR count). The summed E-state index contributed by atoms with van der Waals surface area (Å²) in [5.41, 5.74) is 1.27. The molecule has 0 unspecified atom stereocenters. The summed E-state index contributed by atoms with van der Waals surface area (Å²) in [6.07, 6.45) is 2.09. The van der Waals surface area contributed by atoms with Gasteiger partial charge in [0.05, 0.1) is 18.1 Å². The van der Waals surface area contributed by atoms with Gasteiger partial charge in [0.25, 0.3) is 5.56 Å². The van der Waals surface area contributed by atoms with E-state index in [1.54, 1.807) is 11.7 Å². The Kier molecular flexibility index (Phi) is 6.99. The van der Waals surface area contributed by atoms with Crippen molar-refractivity contribution in [2.45, 2.75) is 52.4 Å². The maximum atomic E-state index is 13.4. The van der Waals surface area contributed by atoms with Crippen molar-refractivity contribution in [3.05, 3.63) is 49.1 Å². The number of aryl methyl sites for hydroxylation is 1. The van der Waals surface area contributed by atoms with Crippen molar-refractivity contribution in [1.29, 1.82) is 0 Å². The summed E-state index contributed by atoms with van der Waals surface area (Å²) >= 11 is 5.51. The highest BCUT2D eigenvalue weighted by Crippen LogP contribution is 2.28. The summed E-state index contributed by atoms with van der Waals surface area (Å²) in [4.78, 5) is 31.0. The molecule has 2 aromatic heterocycles. The Labute approximate surface area is 199 Å². The zero-order valence-corrected chi connectivity index (χ0v) is 21.0. The van der Waals surface area contributed by atoms with Crippen LogP contribution in [0.4, 0.5) is 5.95 Å². The smallest absolute Gasteiger partial charge is 0.332 e. The van der Waals surface area contributed by atoms with Crippen molar-refractivity contribution < 1.29 is 4.74 Å². The second kappa shape index (κ2) is 9.74. The Bertz CT molecular complexity index is 1240. The van der Waals surface area contributed by atoms with Crippen LogP contribution in [0.2, 0.25) is 0 Å². The summed E-state index contributed by atoms with van der Waals surface area (Å²) in [6.45, 7) is 4.92. The van der Waals surface area contributed by atoms with Gasteiger partial charge in [-0.1, -0.05) is 6.07 Å². The quantitative estimate of drug-likeness (QED) is 0.512. The van der Waals surface area contributed by atoms with Gasteiger partial charge in [-0.05, 0) is 71.8 Å². The van der Waals surface area contributed by atoms with Gasteiger partial charge in [0.2, 0.25) is 5.95 Å². The number of nitrogens with one attached hydrogen (secondary N) is 1. The third kappa shape index (κ3) is 4.22. The summed E-state index contributed by atoms with van der Waals surface area (Å²) in [7, 11) is 1.63. The molecule has 1 saturated heterocycles. The molecular weight excluding hydrogens is 494 g/mol. The Morgan fingerprint density at radius 1 is 1.16 bits per heavy atom. The van der Waals surface area contributed by atoms with Crippen molar-refractivity contribution in [3.8, 4) is 5.75 Å². The predicted octanol–water partition coefficient (Wildman–Crippen LogP) is 3.53. The second-order valence-corrected chi connectivity index (χ2v) is 9.85. The van der Waals surface area contributed by atoms with Crippen LogP contribution in [0.5, 0.6) is 5.75 Å². The number of hydrogen-bond acceptors (Lipinski definition) is 6. The van der Waals surface area contributed by atoms with Crippen LogP contribution in [0.15, 0.2) is 32.3 Å². The number of aromatic nitrogens is 4. The third-order valence-electron chi connectivity index (χ3n) is 5.86. The van der Waals surface area contributed by atoms with Crippen LogP contribution < -0.4 is 21.3 Å². The van der Waals surface area contributed by atoms with Gasteiger partial charge >= 0.3 is 5.69 Å². The second-order valence-electron chi connectivity index (χ2n) is 7.77. The number of hydrogen-bond donors (Lipinski definition) is 1. The predicted molar refractivity (Wildman–Crippen MR) is 133 cm³/mol. The third-order valence-corrected chi connectivity index (χ3v) is 7.53. The number of rotatable bonds is 7. The number of nitrogens with zero attached hydrogens (tertiary/aromatic N) is 4. The van der Waals surface area contributed by atoms with Crippen LogP contribution in [-0.4, -0.2) is 43.3 Å². The normalized spacial score (nSPS) is 14.8. The SMILES string of the molecule is CCn1c(=O)c2c(nc(NC3CCSCC3)n2Cc2ccc(OC)c(Br)c2)n(CC)c1=O. The van der Waals surface area contributed by atoms with Crippen LogP contribution in [0.25, 0.3) is 11.2 Å². The van der Waals surface area contributed by atoms with Gasteiger partial charge in [0.15, 0.2) is 11.2 Å². The monoisotopic (exact) mass is 521 g/mol. The molecule has 3 heterocycles. The first-order valence-corrected chi connectivity index (χ1v) is 12.8. The summed E-state index contributed by atoms with van der Waals surface area (Å²) in [6, 6.07) is 6.16. The van der Waals surface area contributed by atoms with E-state index >= 15 is 0 Å². The molecule has 10 heteroatoms. The van der Waals surface area contributed by atoms with E-state index in [9.17, 15) is 9.59 Å². The zero-order valence-electron chi connectivity index (χ0n) is 18.6. The summed E-state index contributed by atoms with van der Waals surface area (Å²) in [5, 5.41) is 3.57. The van der Waals surface area contributed by atoms with Crippen molar-refractivity contribution in [3.63, 3.8) is 0 Å². The number of fused-ring (bicyclic) bond motifs is 1. The molecule has 32 heavy (non-hydrogen) atoms. The molecule has 8 nitrogen and oxygen atoms in total. The van der Waals surface area contributed by atoms with Gasteiger partial charge < -0.3 is 10.1 Å². The molecule has 1 aliphatic rings. The largest absolute Gasteiger partial charge is 0.496 e. The topological polar surface area (TPSA) is 83.1 Å². The van der Waals surface area contributed by atoms with E-state index in [2.05, 4.69) is 21.2 Å². The molecule has 0 radical (unpaired) electrons. The van der Waals surface area contributed by atoms with Gasteiger partial charge in [-0.2, -0.15) is 16.7 Å². The maximum Gasteiger partial charge on any atom is 0.332 e. The molecule has 0 bridgehead atoms. The highest BCUT2D eigenvalue weighted by atomic mass is 79.9. The minimum Gasteiger partial charge on any atom is -0.496 e. The molecule has 0 saturated carbocycles. The van der Waals surface area contributed by atoms with Crippen molar-refractivity contribution in [1.82, 2.24) is 18.7 Å². The average molecular weight is 522 g/mol. The van der Waals surface area contributed by atoms with Crippen LogP contribution in [0.1, 0.15) is 32.3 Å². The van der Waals surface area contributed by atoms with Gasteiger partial charge in [-0.15, -0.1) is 0 Å². The van der Waals surface area contributed by atoms with E-state index in [0.717, 1.165) is 40.1 Å². The molecule has 172 valence electrons. The van der Waals surface area contributed by atoms with E-state index in [4.69, 9.17) is 9.72 Å². The van der Waals surface area contributed by atoms with Gasteiger partial charge in [0, 0.05) is 19.1 Å². The Balaban J connectivity index is 1.90. The fourth-order valence-corrected chi connectivity index (χ4v) is 5.83. The van der Waals surface area contributed by atoms with Crippen LogP contribution in [0, 0.1) is 0 Å². The highest BCUT2D eigenvalue weighted by molar-refractivity contribution is 9.10. The first-order chi connectivity index (χ1) is 15.5. The number of anilines is 1. The summed E-state index contributed by atoms with van der Waals surface area (Å²) in [5.74, 6) is 3.59. The van der Waals surface area contributed by atoms with Crippen molar-refractivity contribution in [2.75, 3.05) is 23.9 Å². The average Bonchev–Trinajstić information content (AvgIpc) is 3.13. The van der Waals surface area contributed by atoms with Crippen LogP contribution >= 0.6 is 27.7 Å². The fraction of sp³-hybridized carbons (Fsp3) is 0.500. The lowest BCUT2D eigenvalue weighted by Gasteiger charge is -2.23. The minimum absolute atomic E-state index is 0.296. The standard InChI is InChI=1S/C22H28BrN5O3S/c1-4-26-19-18(20(29)27(5-2)22(26)30)28(13-14-6-7-17(31-3)16(23)12-14)21(25-19)24-15-8-10-32-11-9-15/h6-7,12,15H,4-5,8-11,13H2,1-3H3,(H,24,25). The number of benzene rings is 1. The van der Waals surface area contributed by atoms with E-state index in [0.29, 0.717) is 42.8 Å². The Morgan fingerprint density at radius 2 is 1.88 bits per heavy atom.